The molecule has 5 aliphatic rings. The standard InChI is InChI=1S/C50H74N2O11S/c1-12-32-16-14-18-41(63-44-20-19-40(52(6)7)30(5)59-44)27(2)47(54)38-24-36-35-22-34(62-50(42(58-11)26-55-8)60-29(4)28(3)56-9)23-39(35)48-46(45(36)37(38)25-43(53)61-32)51-49(64-48)31-15-13-17-33(21-31)57-10/h13,15,17,21,24,27-30,32,34-37,39-42,44-45,50H,12,14,16,18-20,22-23,25-26H2,1-11H3/t27-,28-,29?,30?,32+,34+,35+,36+,37-,39-,40+,41+,42+,44+,45-,50?/m1/s1. The molecular weight excluding hydrogens is 837 g/mol. The number of ether oxygens (including phenoxy) is 9. The number of rotatable bonds is 16. The van der Waals surface area contributed by atoms with Crippen LogP contribution in [0.5, 0.6) is 5.75 Å². The first kappa shape index (κ1) is 49.1. The Labute approximate surface area is 385 Å². The van der Waals surface area contributed by atoms with E-state index >= 15 is 4.79 Å². The van der Waals surface area contributed by atoms with Crippen LogP contribution in [0.25, 0.3) is 10.6 Å². The molecule has 14 heteroatoms. The fourth-order valence-corrected chi connectivity index (χ4v) is 12.5. The number of hydrogen-bond acceptors (Lipinski definition) is 14. The van der Waals surface area contributed by atoms with E-state index in [1.54, 1.807) is 39.8 Å². The third-order valence-electron chi connectivity index (χ3n) is 15.0. The van der Waals surface area contributed by atoms with E-state index in [9.17, 15) is 4.79 Å². The van der Waals surface area contributed by atoms with Gasteiger partial charge in [-0.25, -0.2) is 4.98 Å². The van der Waals surface area contributed by atoms with Crippen molar-refractivity contribution >= 4 is 23.1 Å². The number of fused-ring (bicyclic) bond motifs is 8. The number of benzene rings is 1. The number of thiazole rings is 1. The van der Waals surface area contributed by atoms with Crippen LogP contribution in [0.1, 0.15) is 115 Å². The van der Waals surface area contributed by atoms with Crippen molar-refractivity contribution in [3.63, 3.8) is 0 Å². The van der Waals surface area contributed by atoms with Crippen molar-refractivity contribution in [2.75, 3.05) is 49.1 Å². The molecule has 1 saturated carbocycles. The van der Waals surface area contributed by atoms with Crippen LogP contribution in [0.2, 0.25) is 0 Å². The van der Waals surface area contributed by atoms with Gasteiger partial charge in [0.05, 0.1) is 56.4 Å². The second-order valence-electron chi connectivity index (χ2n) is 19.1. The van der Waals surface area contributed by atoms with Crippen molar-refractivity contribution in [1.82, 2.24) is 9.88 Å². The van der Waals surface area contributed by atoms with Gasteiger partial charge in [0, 0.05) is 61.5 Å². The number of hydrogen-bond donors (Lipinski definition) is 0. The number of Topliss-reactive ketones (excluding diaryl/α,β-unsaturated/α-hetero) is 1. The molecule has 3 unspecified atom stereocenters. The average Bonchev–Trinajstić information content (AvgIpc) is 4.02. The molecule has 0 spiro atoms. The monoisotopic (exact) mass is 911 g/mol. The highest BCUT2D eigenvalue weighted by molar-refractivity contribution is 7.15. The molecule has 1 aromatic heterocycles. The Bertz CT molecular complexity index is 1910. The van der Waals surface area contributed by atoms with E-state index in [0.29, 0.717) is 37.5 Å². The summed E-state index contributed by atoms with van der Waals surface area (Å²) in [5.74, 6) is -0.383. The van der Waals surface area contributed by atoms with E-state index in [0.717, 1.165) is 54.1 Å². The van der Waals surface area contributed by atoms with Gasteiger partial charge < -0.3 is 47.5 Å². The lowest BCUT2D eigenvalue weighted by Gasteiger charge is -2.40. The molecule has 7 rings (SSSR count). The van der Waals surface area contributed by atoms with Crippen LogP contribution in [-0.2, 0) is 47.5 Å². The number of carbonyl (C=O) groups is 2. The number of esters is 1. The topological polar surface area (TPSA) is 133 Å². The molecule has 16 atom stereocenters. The Balaban J connectivity index is 1.26. The van der Waals surface area contributed by atoms with Gasteiger partial charge in [0.15, 0.2) is 18.4 Å². The van der Waals surface area contributed by atoms with Crippen molar-refractivity contribution in [1.29, 1.82) is 0 Å². The van der Waals surface area contributed by atoms with Crippen LogP contribution in [0.15, 0.2) is 35.9 Å². The minimum atomic E-state index is -0.714. The Hall–Kier alpha value is -2.79. The molecule has 2 saturated heterocycles. The lowest BCUT2D eigenvalue weighted by molar-refractivity contribution is -0.255. The third kappa shape index (κ3) is 10.7. The second-order valence-corrected chi connectivity index (χ2v) is 20.1. The molecule has 64 heavy (non-hydrogen) atoms. The van der Waals surface area contributed by atoms with Gasteiger partial charge in [0.25, 0.3) is 0 Å². The first-order valence-corrected chi connectivity index (χ1v) is 24.5. The van der Waals surface area contributed by atoms with Crippen molar-refractivity contribution in [3.8, 4) is 16.3 Å². The van der Waals surface area contributed by atoms with E-state index in [1.807, 2.05) is 39.0 Å². The average molecular weight is 911 g/mol. The molecular formula is C50H74N2O11S. The zero-order valence-corrected chi connectivity index (χ0v) is 40.8. The van der Waals surface area contributed by atoms with E-state index in [1.165, 1.54) is 4.88 Å². The normalized spacial score (nSPS) is 34.0. The Kier molecular flexibility index (Phi) is 16.8. The lowest BCUT2D eigenvalue weighted by Crippen LogP contribution is -2.47. The summed E-state index contributed by atoms with van der Waals surface area (Å²) in [6.07, 6.45) is 5.57. The van der Waals surface area contributed by atoms with Gasteiger partial charge in [-0.3, -0.25) is 9.59 Å². The number of aromatic nitrogens is 1. The van der Waals surface area contributed by atoms with Crippen LogP contribution in [0, 0.1) is 23.7 Å². The van der Waals surface area contributed by atoms with Gasteiger partial charge in [-0.2, -0.15) is 0 Å². The molecule has 0 bridgehead atoms. The molecule has 3 heterocycles. The number of nitrogens with zero attached hydrogens (tertiary/aromatic N) is 2. The molecule has 13 nitrogen and oxygen atoms in total. The fraction of sp³-hybridized carbons (Fsp3) is 0.740. The zero-order chi connectivity index (χ0) is 45.8. The smallest absolute Gasteiger partial charge is 0.306 e. The molecule has 0 amide bonds. The minimum absolute atomic E-state index is 0.000732. The predicted molar refractivity (Wildman–Crippen MR) is 244 cm³/mol. The Morgan fingerprint density at radius 2 is 1.77 bits per heavy atom. The van der Waals surface area contributed by atoms with E-state index in [2.05, 4.69) is 45.0 Å². The summed E-state index contributed by atoms with van der Waals surface area (Å²) >= 11 is 1.70. The maximum atomic E-state index is 15.3. The van der Waals surface area contributed by atoms with E-state index in [-0.39, 0.29) is 78.5 Å². The van der Waals surface area contributed by atoms with Crippen LogP contribution < -0.4 is 4.74 Å². The molecule has 0 radical (unpaired) electrons. The molecule has 2 aromatic rings. The van der Waals surface area contributed by atoms with Crippen molar-refractivity contribution in [2.45, 2.75) is 166 Å². The quantitative estimate of drug-likeness (QED) is 0.118. The molecule has 3 fully saturated rings. The van der Waals surface area contributed by atoms with Gasteiger partial charge in [-0.1, -0.05) is 32.1 Å². The van der Waals surface area contributed by atoms with Gasteiger partial charge in [-0.05, 0) is 116 Å². The number of allylic oxidation sites excluding steroid dienone is 2. The largest absolute Gasteiger partial charge is 0.497 e. The molecule has 1 aromatic carbocycles. The minimum Gasteiger partial charge on any atom is -0.497 e. The number of methoxy groups -OCH3 is 4. The highest BCUT2D eigenvalue weighted by atomic mass is 32.1. The predicted octanol–water partition coefficient (Wildman–Crippen LogP) is 8.34. The molecule has 0 N–H and O–H groups in total. The summed E-state index contributed by atoms with van der Waals surface area (Å²) in [7, 11) is 10.8. The van der Waals surface area contributed by atoms with Crippen LogP contribution in [0.4, 0.5) is 0 Å². The second kappa shape index (κ2) is 21.9. The Morgan fingerprint density at radius 3 is 2.45 bits per heavy atom. The van der Waals surface area contributed by atoms with Crippen molar-refractivity contribution in [3.05, 3.63) is 46.5 Å². The van der Waals surface area contributed by atoms with Crippen LogP contribution in [0.3, 0.4) is 0 Å². The summed E-state index contributed by atoms with van der Waals surface area (Å²) in [4.78, 5) is 38.3. The molecule has 3 aliphatic carbocycles. The Morgan fingerprint density at radius 1 is 0.969 bits per heavy atom. The van der Waals surface area contributed by atoms with E-state index in [4.69, 9.17) is 47.6 Å². The van der Waals surface area contributed by atoms with Crippen LogP contribution in [-0.4, -0.2) is 132 Å². The first-order valence-electron chi connectivity index (χ1n) is 23.7. The van der Waals surface area contributed by atoms with Crippen LogP contribution >= 0.6 is 11.3 Å². The summed E-state index contributed by atoms with van der Waals surface area (Å²) in [5, 5.41) is 0.886. The first-order chi connectivity index (χ1) is 30.8. The summed E-state index contributed by atoms with van der Waals surface area (Å²) in [5.41, 5.74) is 2.63. The molecule has 2 aliphatic heterocycles. The number of cyclic esters (lactones) is 1. The molecule has 356 valence electrons. The third-order valence-corrected chi connectivity index (χ3v) is 16.2. The lowest BCUT2D eigenvalue weighted by atomic mass is 9.67. The zero-order valence-electron chi connectivity index (χ0n) is 40.0. The van der Waals surface area contributed by atoms with Gasteiger partial charge in [0.1, 0.15) is 23.0 Å². The number of ketones is 1. The summed E-state index contributed by atoms with van der Waals surface area (Å²) in [6.45, 7) is 10.4. The van der Waals surface area contributed by atoms with Crippen molar-refractivity contribution in [2.24, 2.45) is 23.7 Å². The van der Waals surface area contributed by atoms with Gasteiger partial charge >= 0.3 is 5.97 Å². The maximum Gasteiger partial charge on any atom is 0.306 e. The summed E-state index contributed by atoms with van der Waals surface area (Å²) < 4.78 is 55.8. The number of carbonyl (C=O) groups excluding carboxylic acids is 2. The van der Waals surface area contributed by atoms with Gasteiger partial charge in [-0.15, -0.1) is 11.3 Å². The highest BCUT2D eigenvalue weighted by Gasteiger charge is 2.56. The fourth-order valence-electron chi connectivity index (χ4n) is 11.2. The van der Waals surface area contributed by atoms with E-state index < -0.39 is 30.5 Å². The van der Waals surface area contributed by atoms with Crippen molar-refractivity contribution < 1.29 is 52.2 Å². The highest BCUT2D eigenvalue weighted by Crippen LogP contribution is 2.63. The maximum absolute atomic E-state index is 15.3. The SMILES string of the molecule is CC[C@H]1CCC[C@H](O[C@H]2CC[C@H](N(C)C)C(C)O2)[C@@H](C)C(=O)C2=C[C@H]3[C@@H]4C[C@H](OC(OC(C)[C@@H](C)OC)[C@H](COC)OC)C[C@H]4c4sc(-c5cccc(OC)c5)nc4[C@H]3[C@@H]2CC(=O)O1. The summed E-state index contributed by atoms with van der Waals surface area (Å²) in [6, 6.07) is 8.30. The van der Waals surface area contributed by atoms with Gasteiger partial charge in [0.2, 0.25) is 0 Å². The number of likely N-dealkylation sites (N-methyl/N-ethyl adjacent to an activating group) is 1.